The lowest BCUT2D eigenvalue weighted by Crippen LogP contribution is -2.33. The normalized spacial score (nSPS) is 20.1. The summed E-state index contributed by atoms with van der Waals surface area (Å²) < 4.78 is 7.37. The molecule has 148 valence electrons. The quantitative estimate of drug-likeness (QED) is 0.718. The second-order valence-corrected chi connectivity index (χ2v) is 8.38. The van der Waals surface area contributed by atoms with Crippen molar-refractivity contribution in [1.82, 2.24) is 24.9 Å². The molecule has 0 radical (unpaired) electrons. The zero-order chi connectivity index (χ0) is 19.9. The SMILES string of the molecule is CC(C)(C)Cc1nc2cc(NC(=O)N3C[C@@H](O)[C@H](n4ccnn4)C3)ccc2o1. The third kappa shape index (κ3) is 3.84. The summed E-state index contributed by atoms with van der Waals surface area (Å²) in [6.07, 6.45) is 3.28. The Hall–Kier alpha value is -2.94. The number of nitrogens with one attached hydrogen (secondary N) is 1. The van der Waals surface area contributed by atoms with Crippen LogP contribution in [0.5, 0.6) is 0 Å². The molecule has 1 aromatic carbocycles. The van der Waals surface area contributed by atoms with Gasteiger partial charge < -0.3 is 19.7 Å². The average Bonchev–Trinajstić information content (AvgIpc) is 3.31. The van der Waals surface area contributed by atoms with Gasteiger partial charge in [0.25, 0.3) is 0 Å². The van der Waals surface area contributed by atoms with Crippen molar-refractivity contribution in [3.8, 4) is 0 Å². The van der Waals surface area contributed by atoms with Crippen LogP contribution in [0.4, 0.5) is 10.5 Å². The number of carbonyl (C=O) groups is 1. The van der Waals surface area contributed by atoms with Gasteiger partial charge in [0.1, 0.15) is 5.52 Å². The summed E-state index contributed by atoms with van der Waals surface area (Å²) in [6.45, 7) is 6.98. The standard InChI is InChI=1S/C19H24N6O3/c1-19(2,3)9-17-22-13-8-12(4-5-16(13)28-17)21-18(27)24-10-14(15(26)11-24)25-7-6-20-23-25/h4-8,14-15,26H,9-11H2,1-3H3,(H,21,27)/t14-,15-/m1/s1. The summed E-state index contributed by atoms with van der Waals surface area (Å²) in [7, 11) is 0. The van der Waals surface area contributed by atoms with Crippen LogP contribution >= 0.6 is 0 Å². The third-order valence-electron chi connectivity index (χ3n) is 4.69. The molecule has 2 aromatic heterocycles. The number of anilines is 1. The number of rotatable bonds is 3. The number of aromatic nitrogens is 4. The predicted molar refractivity (Wildman–Crippen MR) is 103 cm³/mol. The molecule has 0 bridgehead atoms. The molecule has 4 rings (SSSR count). The number of likely N-dealkylation sites (tertiary alicyclic amines) is 1. The van der Waals surface area contributed by atoms with Crippen molar-refractivity contribution >= 4 is 22.8 Å². The molecule has 1 saturated heterocycles. The number of fused-ring (bicyclic) bond motifs is 1. The molecule has 2 atom stereocenters. The zero-order valence-corrected chi connectivity index (χ0v) is 16.2. The van der Waals surface area contributed by atoms with Crippen LogP contribution in [-0.2, 0) is 6.42 Å². The number of oxazole rings is 1. The van der Waals surface area contributed by atoms with E-state index in [1.807, 2.05) is 0 Å². The highest BCUT2D eigenvalue weighted by atomic mass is 16.3. The Morgan fingerprint density at radius 1 is 1.36 bits per heavy atom. The second-order valence-electron chi connectivity index (χ2n) is 8.38. The number of benzene rings is 1. The lowest BCUT2D eigenvalue weighted by Gasteiger charge is -2.16. The first-order valence-corrected chi connectivity index (χ1v) is 9.28. The van der Waals surface area contributed by atoms with Crippen LogP contribution in [-0.4, -0.2) is 55.2 Å². The van der Waals surface area contributed by atoms with E-state index >= 15 is 0 Å². The monoisotopic (exact) mass is 384 g/mol. The van der Waals surface area contributed by atoms with E-state index < -0.39 is 6.10 Å². The molecule has 3 heterocycles. The Balaban J connectivity index is 1.45. The van der Waals surface area contributed by atoms with Gasteiger partial charge in [-0.1, -0.05) is 26.0 Å². The number of carbonyl (C=O) groups excluding carboxylic acids is 1. The van der Waals surface area contributed by atoms with Crippen molar-refractivity contribution in [2.45, 2.75) is 39.3 Å². The minimum Gasteiger partial charge on any atom is -0.441 e. The van der Waals surface area contributed by atoms with E-state index in [-0.39, 0.29) is 24.0 Å². The average molecular weight is 384 g/mol. The minimum atomic E-state index is -0.689. The number of aliphatic hydroxyl groups is 1. The molecule has 2 N–H and O–H groups in total. The Bertz CT molecular complexity index is 975. The van der Waals surface area contributed by atoms with E-state index in [9.17, 15) is 9.90 Å². The minimum absolute atomic E-state index is 0.0785. The first kappa shape index (κ1) is 18.4. The molecule has 0 aliphatic carbocycles. The molecule has 1 aliphatic heterocycles. The van der Waals surface area contributed by atoms with Gasteiger partial charge in [0.15, 0.2) is 11.5 Å². The Kier molecular flexibility index (Phi) is 4.54. The molecular weight excluding hydrogens is 360 g/mol. The van der Waals surface area contributed by atoms with E-state index in [0.717, 1.165) is 6.42 Å². The summed E-state index contributed by atoms with van der Waals surface area (Å²) in [4.78, 5) is 18.7. The molecule has 28 heavy (non-hydrogen) atoms. The van der Waals surface area contributed by atoms with Crippen molar-refractivity contribution < 1.29 is 14.3 Å². The summed E-state index contributed by atoms with van der Waals surface area (Å²) in [6, 6.07) is 4.81. The topological polar surface area (TPSA) is 109 Å². The van der Waals surface area contributed by atoms with Gasteiger partial charge in [-0.25, -0.2) is 14.5 Å². The van der Waals surface area contributed by atoms with Crippen molar-refractivity contribution in [3.05, 3.63) is 36.5 Å². The fourth-order valence-corrected chi connectivity index (χ4v) is 3.37. The maximum Gasteiger partial charge on any atom is 0.322 e. The molecule has 0 unspecified atom stereocenters. The highest BCUT2D eigenvalue weighted by Gasteiger charge is 2.35. The number of nitrogens with zero attached hydrogens (tertiary/aromatic N) is 5. The van der Waals surface area contributed by atoms with E-state index in [1.54, 1.807) is 40.2 Å². The van der Waals surface area contributed by atoms with Gasteiger partial charge in [-0.3, -0.25) is 0 Å². The zero-order valence-electron chi connectivity index (χ0n) is 16.2. The predicted octanol–water partition coefficient (Wildman–Crippen LogP) is 2.46. The first-order chi connectivity index (χ1) is 13.3. The summed E-state index contributed by atoms with van der Waals surface area (Å²) in [5.74, 6) is 0.685. The van der Waals surface area contributed by atoms with Crippen LogP contribution < -0.4 is 5.32 Å². The lowest BCUT2D eigenvalue weighted by atomic mass is 9.92. The van der Waals surface area contributed by atoms with E-state index in [2.05, 4.69) is 41.4 Å². The number of amides is 2. The van der Waals surface area contributed by atoms with Gasteiger partial charge in [0.2, 0.25) is 0 Å². The number of aliphatic hydroxyl groups excluding tert-OH is 1. The van der Waals surface area contributed by atoms with Crippen molar-refractivity contribution in [3.63, 3.8) is 0 Å². The number of urea groups is 1. The first-order valence-electron chi connectivity index (χ1n) is 9.28. The highest BCUT2D eigenvalue weighted by Crippen LogP contribution is 2.26. The smallest absolute Gasteiger partial charge is 0.322 e. The van der Waals surface area contributed by atoms with Gasteiger partial charge in [0.05, 0.1) is 24.9 Å². The maximum absolute atomic E-state index is 12.6. The second kappa shape index (κ2) is 6.90. The summed E-state index contributed by atoms with van der Waals surface area (Å²) in [5, 5.41) is 20.8. The van der Waals surface area contributed by atoms with Gasteiger partial charge in [-0.2, -0.15) is 0 Å². The van der Waals surface area contributed by atoms with E-state index in [0.29, 0.717) is 29.2 Å². The highest BCUT2D eigenvalue weighted by molar-refractivity contribution is 5.91. The van der Waals surface area contributed by atoms with E-state index in [4.69, 9.17) is 4.42 Å². The molecule has 1 aliphatic rings. The number of hydrogen-bond acceptors (Lipinski definition) is 6. The van der Waals surface area contributed by atoms with Crippen LogP contribution in [0.2, 0.25) is 0 Å². The Morgan fingerprint density at radius 3 is 2.89 bits per heavy atom. The van der Waals surface area contributed by atoms with Crippen LogP contribution in [0.3, 0.4) is 0 Å². The molecule has 2 amide bonds. The van der Waals surface area contributed by atoms with E-state index in [1.165, 1.54) is 0 Å². The maximum atomic E-state index is 12.6. The molecule has 3 aromatic rings. The van der Waals surface area contributed by atoms with Gasteiger partial charge in [-0.05, 0) is 23.6 Å². The van der Waals surface area contributed by atoms with Crippen LogP contribution in [0.25, 0.3) is 11.1 Å². The lowest BCUT2D eigenvalue weighted by molar-refractivity contribution is 0.139. The molecule has 1 fully saturated rings. The van der Waals surface area contributed by atoms with Crippen molar-refractivity contribution in [1.29, 1.82) is 0 Å². The van der Waals surface area contributed by atoms with Gasteiger partial charge in [0, 0.05) is 24.8 Å². The molecule has 0 spiro atoms. The summed E-state index contributed by atoms with van der Waals surface area (Å²) >= 11 is 0. The molecule has 9 nitrogen and oxygen atoms in total. The fraction of sp³-hybridized carbons (Fsp3) is 0.474. The van der Waals surface area contributed by atoms with Crippen LogP contribution in [0.15, 0.2) is 35.0 Å². The van der Waals surface area contributed by atoms with Crippen molar-refractivity contribution in [2.24, 2.45) is 5.41 Å². The number of β-amino-alcohol motifs (C(OH)–C–C–N with tert-alkyl or cyclic N) is 1. The van der Waals surface area contributed by atoms with Gasteiger partial charge in [-0.15, -0.1) is 5.10 Å². The Morgan fingerprint density at radius 2 is 2.18 bits per heavy atom. The van der Waals surface area contributed by atoms with Crippen molar-refractivity contribution in [2.75, 3.05) is 18.4 Å². The largest absolute Gasteiger partial charge is 0.441 e. The molecule has 0 saturated carbocycles. The Labute approximate surface area is 162 Å². The van der Waals surface area contributed by atoms with Gasteiger partial charge >= 0.3 is 6.03 Å². The number of hydrogen-bond donors (Lipinski definition) is 2. The third-order valence-corrected chi connectivity index (χ3v) is 4.69. The fourth-order valence-electron chi connectivity index (χ4n) is 3.37. The molecule has 9 heteroatoms. The van der Waals surface area contributed by atoms with Crippen LogP contribution in [0, 0.1) is 5.41 Å². The summed E-state index contributed by atoms with van der Waals surface area (Å²) in [5.41, 5.74) is 2.11. The molecular formula is C19H24N6O3. The van der Waals surface area contributed by atoms with Crippen LogP contribution in [0.1, 0.15) is 32.7 Å².